The second-order valence-electron chi connectivity index (χ2n) is 3.34. The maximum absolute atomic E-state index is 11.1. The Morgan fingerprint density at radius 1 is 1.58 bits per heavy atom. The maximum atomic E-state index is 11.1. The number of nitro groups is 1. The lowest BCUT2D eigenvalue weighted by atomic mass is 10.1. The fraction of sp³-hybridized carbons (Fsp3) is 0.273. The number of benzene rings is 1. The number of hydrogen-bond acceptors (Lipinski definition) is 7. The molecule has 0 radical (unpaired) electrons. The molecule has 0 unspecified atom stereocenters. The zero-order valence-corrected chi connectivity index (χ0v) is 10.1. The highest BCUT2D eigenvalue weighted by molar-refractivity contribution is 5.73. The molecular weight excluding hydrogens is 254 g/mol. The smallest absolute Gasteiger partial charge is 0.344 e. The fourth-order valence-corrected chi connectivity index (χ4v) is 1.34. The molecule has 8 nitrogen and oxygen atoms in total. The molecule has 0 aliphatic heterocycles. The molecule has 0 spiro atoms. The van der Waals surface area contributed by atoms with Gasteiger partial charge in [-0.3, -0.25) is 10.1 Å². The van der Waals surface area contributed by atoms with Crippen LogP contribution in [0.5, 0.6) is 5.75 Å². The van der Waals surface area contributed by atoms with Crippen molar-refractivity contribution in [2.75, 3.05) is 18.9 Å². The van der Waals surface area contributed by atoms with Crippen molar-refractivity contribution in [2.45, 2.75) is 6.92 Å². The number of nitrogens with zero attached hydrogens (tertiary/aromatic N) is 2. The first-order valence-electron chi connectivity index (χ1n) is 5.26. The molecule has 1 aromatic rings. The topological polar surface area (TPSA) is 128 Å². The Balaban J connectivity index is 3.05. The quantitative estimate of drug-likeness (QED) is 0.363. The average Bonchev–Trinajstić information content (AvgIpc) is 2.36. The summed E-state index contributed by atoms with van der Waals surface area (Å²) in [5.74, 6) is -0.865. The lowest BCUT2D eigenvalue weighted by molar-refractivity contribution is -0.386. The molecule has 0 atom stereocenters. The zero-order valence-electron chi connectivity index (χ0n) is 10.1. The lowest BCUT2D eigenvalue weighted by Crippen LogP contribution is -2.15. The first kappa shape index (κ1) is 14.2. The van der Waals surface area contributed by atoms with E-state index in [0.717, 1.165) is 0 Å². The van der Waals surface area contributed by atoms with Crippen molar-refractivity contribution < 1.29 is 19.2 Å². The Bertz CT molecular complexity index is 550. The molecule has 8 heteroatoms. The summed E-state index contributed by atoms with van der Waals surface area (Å²) < 4.78 is 9.61. The third kappa shape index (κ3) is 3.32. The molecule has 0 fully saturated rings. The molecule has 1 aromatic carbocycles. The predicted octanol–water partition coefficient (Wildman–Crippen LogP) is 0.991. The third-order valence-corrected chi connectivity index (χ3v) is 2.12. The third-order valence-electron chi connectivity index (χ3n) is 2.12. The number of nitriles is 1. The molecular formula is C11H11N3O5. The van der Waals surface area contributed by atoms with Crippen molar-refractivity contribution in [3.8, 4) is 11.8 Å². The van der Waals surface area contributed by atoms with E-state index in [2.05, 4.69) is 4.74 Å². The van der Waals surface area contributed by atoms with E-state index in [1.54, 1.807) is 13.0 Å². The van der Waals surface area contributed by atoms with Gasteiger partial charge in [0.2, 0.25) is 0 Å². The van der Waals surface area contributed by atoms with Crippen LogP contribution in [0, 0.1) is 21.4 Å². The van der Waals surface area contributed by atoms with Crippen LogP contribution >= 0.6 is 0 Å². The minimum absolute atomic E-state index is 0.0299. The monoisotopic (exact) mass is 265 g/mol. The van der Waals surface area contributed by atoms with Gasteiger partial charge in [-0.25, -0.2) is 4.79 Å². The normalized spacial score (nSPS) is 9.47. The summed E-state index contributed by atoms with van der Waals surface area (Å²) in [6, 6.07) is 4.16. The molecule has 2 N–H and O–H groups in total. The number of rotatable bonds is 5. The van der Waals surface area contributed by atoms with Gasteiger partial charge in [0.15, 0.2) is 17.9 Å². The van der Waals surface area contributed by atoms with Crippen molar-refractivity contribution in [1.29, 1.82) is 5.26 Å². The predicted molar refractivity (Wildman–Crippen MR) is 64.4 cm³/mol. The second kappa shape index (κ2) is 6.20. The Morgan fingerprint density at radius 3 is 2.79 bits per heavy atom. The Morgan fingerprint density at radius 2 is 2.26 bits per heavy atom. The number of anilines is 1. The van der Waals surface area contributed by atoms with E-state index in [-0.39, 0.29) is 23.6 Å². The summed E-state index contributed by atoms with van der Waals surface area (Å²) in [6.45, 7) is 1.32. The van der Waals surface area contributed by atoms with Gasteiger partial charge < -0.3 is 15.2 Å². The molecule has 1 rings (SSSR count). The van der Waals surface area contributed by atoms with Crippen molar-refractivity contribution >= 4 is 17.3 Å². The van der Waals surface area contributed by atoms with Crippen LogP contribution in [-0.4, -0.2) is 24.1 Å². The summed E-state index contributed by atoms with van der Waals surface area (Å²) in [6.07, 6.45) is 0. The molecule has 0 heterocycles. The number of carbonyl (C=O) groups is 1. The number of nitrogen functional groups attached to an aromatic ring is 1. The van der Waals surface area contributed by atoms with Gasteiger partial charge >= 0.3 is 11.7 Å². The van der Waals surface area contributed by atoms with Crippen LogP contribution in [0.15, 0.2) is 12.1 Å². The van der Waals surface area contributed by atoms with Crippen molar-refractivity contribution in [3.63, 3.8) is 0 Å². The van der Waals surface area contributed by atoms with Crippen LogP contribution in [0.25, 0.3) is 0 Å². The van der Waals surface area contributed by atoms with E-state index < -0.39 is 23.2 Å². The SMILES string of the molecule is CCOC(=O)COc1ccc(N)c(C#N)c1[N+](=O)[O-]. The number of nitrogens with two attached hydrogens (primary N) is 1. The van der Waals surface area contributed by atoms with Crippen LogP contribution in [0.1, 0.15) is 12.5 Å². The Labute approximate surface area is 108 Å². The van der Waals surface area contributed by atoms with Gasteiger partial charge in [0, 0.05) is 0 Å². The van der Waals surface area contributed by atoms with E-state index in [1.807, 2.05) is 0 Å². The van der Waals surface area contributed by atoms with Crippen molar-refractivity contribution in [1.82, 2.24) is 0 Å². The van der Waals surface area contributed by atoms with Crippen molar-refractivity contribution in [2.24, 2.45) is 0 Å². The highest BCUT2D eigenvalue weighted by atomic mass is 16.6. The van der Waals surface area contributed by atoms with E-state index in [0.29, 0.717) is 0 Å². The van der Waals surface area contributed by atoms with E-state index in [4.69, 9.17) is 15.7 Å². The lowest BCUT2D eigenvalue weighted by Gasteiger charge is -2.08. The molecule has 0 saturated carbocycles. The van der Waals surface area contributed by atoms with E-state index in [9.17, 15) is 14.9 Å². The second-order valence-corrected chi connectivity index (χ2v) is 3.34. The van der Waals surface area contributed by atoms with E-state index >= 15 is 0 Å². The average molecular weight is 265 g/mol. The summed E-state index contributed by atoms with van der Waals surface area (Å²) in [5.41, 5.74) is 4.58. The van der Waals surface area contributed by atoms with Gasteiger partial charge in [-0.05, 0) is 19.1 Å². The molecule has 0 aliphatic carbocycles. The summed E-state index contributed by atoms with van der Waals surface area (Å²) >= 11 is 0. The molecule has 0 saturated heterocycles. The molecule has 0 aromatic heterocycles. The van der Waals surface area contributed by atoms with E-state index in [1.165, 1.54) is 12.1 Å². The van der Waals surface area contributed by atoms with Gasteiger partial charge in [0.1, 0.15) is 6.07 Å². The molecule has 0 bridgehead atoms. The van der Waals surface area contributed by atoms with Gasteiger partial charge in [-0.2, -0.15) is 5.26 Å². The standard InChI is InChI=1S/C11H11N3O5/c1-2-18-10(15)6-19-9-4-3-8(13)7(5-12)11(9)14(16)17/h3-4H,2,6,13H2,1H3. The molecule has 0 amide bonds. The number of ether oxygens (including phenoxy) is 2. The number of carbonyl (C=O) groups excluding carboxylic acids is 1. The number of nitro benzene ring substituents is 1. The number of hydrogen-bond donors (Lipinski definition) is 1. The summed E-state index contributed by atoms with van der Waals surface area (Å²) in [4.78, 5) is 21.3. The van der Waals surface area contributed by atoms with Crippen LogP contribution in [0.3, 0.4) is 0 Å². The van der Waals surface area contributed by atoms with Crippen LogP contribution in [0.2, 0.25) is 0 Å². The minimum atomic E-state index is -0.782. The summed E-state index contributed by atoms with van der Waals surface area (Å²) in [7, 11) is 0. The first-order valence-corrected chi connectivity index (χ1v) is 5.26. The highest BCUT2D eigenvalue weighted by Crippen LogP contribution is 2.34. The van der Waals surface area contributed by atoms with Gasteiger partial charge in [0.05, 0.1) is 17.2 Å². The van der Waals surface area contributed by atoms with Gasteiger partial charge in [-0.1, -0.05) is 0 Å². The van der Waals surface area contributed by atoms with Gasteiger partial charge in [-0.15, -0.1) is 0 Å². The maximum Gasteiger partial charge on any atom is 0.344 e. The first-order chi connectivity index (χ1) is 9.01. The summed E-state index contributed by atoms with van der Waals surface area (Å²) in [5, 5.41) is 19.8. The zero-order chi connectivity index (χ0) is 14.4. The van der Waals surface area contributed by atoms with Gasteiger partial charge in [0.25, 0.3) is 0 Å². The Hall–Kier alpha value is -2.82. The fourth-order valence-electron chi connectivity index (χ4n) is 1.34. The minimum Gasteiger partial charge on any atom is -0.475 e. The molecule has 100 valence electrons. The molecule has 0 aliphatic rings. The van der Waals surface area contributed by atoms with Crippen LogP contribution in [0.4, 0.5) is 11.4 Å². The largest absolute Gasteiger partial charge is 0.475 e. The molecule has 19 heavy (non-hydrogen) atoms. The van der Waals surface area contributed by atoms with Crippen LogP contribution < -0.4 is 10.5 Å². The Kier molecular flexibility index (Phi) is 4.65. The van der Waals surface area contributed by atoms with Crippen molar-refractivity contribution in [3.05, 3.63) is 27.8 Å². The highest BCUT2D eigenvalue weighted by Gasteiger charge is 2.24. The van der Waals surface area contributed by atoms with Crippen LogP contribution in [-0.2, 0) is 9.53 Å². The number of esters is 1.